The quantitative estimate of drug-likeness (QED) is 0.266. The number of nitrogens with zero attached hydrogens (tertiary/aromatic N) is 2. The van der Waals surface area contributed by atoms with Crippen LogP contribution in [-0.4, -0.2) is 68.7 Å². The summed E-state index contributed by atoms with van der Waals surface area (Å²) in [7, 11) is 0. The standard InChI is InChI=1S/C21H35N5O2.HI/c1-4-17(3)25-20(27)19-8-6-18(7-9-19)16-24-21(22-5-2)23-10-11-26-12-14-28-15-13-26;/h6-9,17H,4-5,10-16H2,1-3H3,(H,25,27)(H2,22,23,24);1H. The average molecular weight is 517 g/mol. The highest BCUT2D eigenvalue weighted by atomic mass is 127. The van der Waals surface area contributed by atoms with E-state index in [1.807, 2.05) is 31.2 Å². The molecule has 1 unspecified atom stereocenters. The Kier molecular flexibility index (Phi) is 12.9. The van der Waals surface area contributed by atoms with Crippen molar-refractivity contribution in [2.75, 3.05) is 45.9 Å². The smallest absolute Gasteiger partial charge is 0.251 e. The van der Waals surface area contributed by atoms with Crippen molar-refractivity contribution >= 4 is 35.8 Å². The van der Waals surface area contributed by atoms with Gasteiger partial charge in [0, 0.05) is 44.3 Å². The van der Waals surface area contributed by atoms with Crippen molar-refractivity contribution in [1.29, 1.82) is 0 Å². The second-order valence-electron chi connectivity index (χ2n) is 7.06. The van der Waals surface area contributed by atoms with Gasteiger partial charge >= 0.3 is 0 Å². The van der Waals surface area contributed by atoms with Crippen LogP contribution >= 0.6 is 24.0 Å². The Morgan fingerprint density at radius 1 is 1.17 bits per heavy atom. The molecule has 0 aromatic heterocycles. The van der Waals surface area contributed by atoms with Crippen molar-refractivity contribution in [2.45, 2.75) is 39.8 Å². The molecule has 1 aliphatic rings. The minimum absolute atomic E-state index is 0. The molecule has 0 spiro atoms. The Hall–Kier alpha value is -1.39. The van der Waals surface area contributed by atoms with Crippen LogP contribution in [0, 0.1) is 0 Å². The number of guanidine groups is 1. The number of carbonyl (C=O) groups is 1. The van der Waals surface area contributed by atoms with Crippen LogP contribution in [0.1, 0.15) is 43.1 Å². The second-order valence-corrected chi connectivity index (χ2v) is 7.06. The summed E-state index contributed by atoms with van der Waals surface area (Å²) in [6.07, 6.45) is 0.921. The fraction of sp³-hybridized carbons (Fsp3) is 0.619. The second kappa shape index (κ2) is 14.6. The molecule has 29 heavy (non-hydrogen) atoms. The number of ether oxygens (including phenoxy) is 1. The number of hydrogen-bond acceptors (Lipinski definition) is 4. The van der Waals surface area contributed by atoms with Gasteiger partial charge in [0.05, 0.1) is 19.8 Å². The lowest BCUT2D eigenvalue weighted by Gasteiger charge is -2.26. The lowest BCUT2D eigenvalue weighted by molar-refractivity contribution is 0.0389. The first kappa shape index (κ1) is 25.6. The molecule has 0 aliphatic carbocycles. The fourth-order valence-corrected chi connectivity index (χ4v) is 2.84. The van der Waals surface area contributed by atoms with Gasteiger partial charge in [0.25, 0.3) is 5.91 Å². The summed E-state index contributed by atoms with van der Waals surface area (Å²) in [6.45, 7) is 13.0. The maximum atomic E-state index is 12.2. The van der Waals surface area contributed by atoms with E-state index in [1.165, 1.54) is 0 Å². The highest BCUT2D eigenvalue weighted by Gasteiger charge is 2.10. The third kappa shape index (κ3) is 9.77. The van der Waals surface area contributed by atoms with Crippen LogP contribution in [0.2, 0.25) is 0 Å². The first-order chi connectivity index (χ1) is 13.6. The van der Waals surface area contributed by atoms with E-state index < -0.39 is 0 Å². The Labute approximate surface area is 192 Å². The van der Waals surface area contributed by atoms with Crippen LogP contribution in [0.15, 0.2) is 29.3 Å². The molecule has 0 saturated carbocycles. The lowest BCUT2D eigenvalue weighted by atomic mass is 10.1. The van der Waals surface area contributed by atoms with E-state index in [1.54, 1.807) is 0 Å². The molecule has 164 valence electrons. The number of benzene rings is 1. The van der Waals surface area contributed by atoms with Gasteiger partial charge in [0.2, 0.25) is 0 Å². The maximum Gasteiger partial charge on any atom is 0.251 e. The number of halogens is 1. The van der Waals surface area contributed by atoms with Crippen LogP contribution in [0.25, 0.3) is 0 Å². The average Bonchev–Trinajstić information content (AvgIpc) is 2.73. The molecule has 7 nitrogen and oxygen atoms in total. The Bertz CT molecular complexity index is 618. The summed E-state index contributed by atoms with van der Waals surface area (Å²) >= 11 is 0. The predicted molar refractivity (Wildman–Crippen MR) is 129 cm³/mol. The van der Waals surface area contributed by atoms with E-state index >= 15 is 0 Å². The van der Waals surface area contributed by atoms with Gasteiger partial charge in [-0.15, -0.1) is 24.0 Å². The molecule has 1 saturated heterocycles. The fourth-order valence-electron chi connectivity index (χ4n) is 2.84. The number of carbonyl (C=O) groups excluding carboxylic acids is 1. The predicted octanol–water partition coefficient (Wildman–Crippen LogP) is 2.22. The van der Waals surface area contributed by atoms with E-state index in [4.69, 9.17) is 4.74 Å². The summed E-state index contributed by atoms with van der Waals surface area (Å²) < 4.78 is 5.38. The Morgan fingerprint density at radius 2 is 1.86 bits per heavy atom. The Balaban J connectivity index is 0.00000420. The van der Waals surface area contributed by atoms with Gasteiger partial charge < -0.3 is 20.7 Å². The lowest BCUT2D eigenvalue weighted by Crippen LogP contribution is -2.44. The molecule has 3 N–H and O–H groups in total. The largest absolute Gasteiger partial charge is 0.379 e. The summed E-state index contributed by atoms with van der Waals surface area (Å²) in [5.74, 6) is 0.789. The van der Waals surface area contributed by atoms with Gasteiger partial charge in [-0.25, -0.2) is 4.99 Å². The molecule has 8 heteroatoms. The van der Waals surface area contributed by atoms with Crippen molar-refractivity contribution in [1.82, 2.24) is 20.9 Å². The molecule has 1 aromatic rings. The minimum Gasteiger partial charge on any atom is -0.379 e. The molecule has 2 rings (SSSR count). The van der Waals surface area contributed by atoms with Crippen molar-refractivity contribution in [3.05, 3.63) is 35.4 Å². The van der Waals surface area contributed by atoms with Crippen LogP contribution in [0.4, 0.5) is 0 Å². The van der Waals surface area contributed by atoms with Crippen LogP contribution < -0.4 is 16.0 Å². The number of rotatable bonds is 9. The molecular formula is C21H36IN5O2. The van der Waals surface area contributed by atoms with Crippen LogP contribution in [-0.2, 0) is 11.3 Å². The van der Waals surface area contributed by atoms with Gasteiger partial charge in [0.15, 0.2) is 5.96 Å². The van der Waals surface area contributed by atoms with Crippen LogP contribution in [0.3, 0.4) is 0 Å². The molecule has 0 bridgehead atoms. The van der Waals surface area contributed by atoms with E-state index in [2.05, 4.69) is 39.7 Å². The highest BCUT2D eigenvalue weighted by molar-refractivity contribution is 14.0. The van der Waals surface area contributed by atoms with Crippen molar-refractivity contribution in [3.8, 4) is 0 Å². The molecule has 1 aromatic carbocycles. The molecular weight excluding hydrogens is 481 g/mol. The SMILES string of the molecule is CCNC(=NCc1ccc(C(=O)NC(C)CC)cc1)NCCN1CCOCC1.I. The van der Waals surface area contributed by atoms with Gasteiger partial charge in [-0.2, -0.15) is 0 Å². The monoisotopic (exact) mass is 517 g/mol. The van der Waals surface area contributed by atoms with Crippen molar-refractivity contribution < 1.29 is 9.53 Å². The first-order valence-corrected chi connectivity index (χ1v) is 10.3. The number of nitrogens with one attached hydrogen (secondary N) is 3. The Morgan fingerprint density at radius 3 is 2.48 bits per heavy atom. The molecule has 1 aliphatic heterocycles. The molecule has 1 heterocycles. The van der Waals surface area contributed by atoms with Crippen molar-refractivity contribution in [3.63, 3.8) is 0 Å². The van der Waals surface area contributed by atoms with Crippen LogP contribution in [0.5, 0.6) is 0 Å². The van der Waals surface area contributed by atoms with E-state index in [0.717, 1.165) is 63.9 Å². The normalized spacial score (nSPS) is 15.9. The first-order valence-electron chi connectivity index (χ1n) is 10.3. The third-order valence-electron chi connectivity index (χ3n) is 4.79. The number of amides is 1. The van der Waals surface area contributed by atoms with Gasteiger partial charge in [-0.05, 0) is 38.0 Å². The summed E-state index contributed by atoms with van der Waals surface area (Å²) in [6, 6.07) is 7.84. The molecule has 1 amide bonds. The van der Waals surface area contributed by atoms with E-state index in [9.17, 15) is 4.79 Å². The number of morpholine rings is 1. The molecule has 1 atom stereocenters. The number of aliphatic imine (C=N–C) groups is 1. The van der Waals surface area contributed by atoms with Crippen molar-refractivity contribution in [2.24, 2.45) is 4.99 Å². The third-order valence-corrected chi connectivity index (χ3v) is 4.79. The van der Waals surface area contributed by atoms with E-state index in [-0.39, 0.29) is 35.9 Å². The number of hydrogen-bond donors (Lipinski definition) is 3. The molecule has 1 fully saturated rings. The van der Waals surface area contributed by atoms with Gasteiger partial charge in [-0.1, -0.05) is 19.1 Å². The summed E-state index contributed by atoms with van der Waals surface area (Å²) in [5, 5.41) is 9.65. The zero-order valence-corrected chi connectivity index (χ0v) is 20.2. The van der Waals surface area contributed by atoms with E-state index in [0.29, 0.717) is 12.1 Å². The summed E-state index contributed by atoms with van der Waals surface area (Å²) in [5.41, 5.74) is 1.76. The highest BCUT2D eigenvalue weighted by Crippen LogP contribution is 2.06. The van der Waals surface area contributed by atoms with Gasteiger partial charge in [0.1, 0.15) is 0 Å². The summed E-state index contributed by atoms with van der Waals surface area (Å²) in [4.78, 5) is 19.2. The zero-order valence-electron chi connectivity index (χ0n) is 17.9. The topological polar surface area (TPSA) is 78.0 Å². The minimum atomic E-state index is -0.0254. The zero-order chi connectivity index (χ0) is 20.2. The molecule has 0 radical (unpaired) electrons. The maximum absolute atomic E-state index is 12.2. The van der Waals surface area contributed by atoms with Gasteiger partial charge in [-0.3, -0.25) is 9.69 Å².